The quantitative estimate of drug-likeness (QED) is 0.804. The first-order valence-electron chi connectivity index (χ1n) is 8.67. The van der Waals surface area contributed by atoms with E-state index in [1.807, 2.05) is 6.92 Å². The highest BCUT2D eigenvalue weighted by Crippen LogP contribution is 2.46. The summed E-state index contributed by atoms with van der Waals surface area (Å²) in [6.45, 7) is 8.61. The minimum Gasteiger partial charge on any atom is -0.481 e. The van der Waals surface area contributed by atoms with Crippen LogP contribution >= 0.6 is 0 Å². The van der Waals surface area contributed by atoms with Gasteiger partial charge in [-0.25, -0.2) is 0 Å². The van der Waals surface area contributed by atoms with Crippen LogP contribution in [0.15, 0.2) is 24.3 Å². The van der Waals surface area contributed by atoms with Crippen molar-refractivity contribution < 1.29 is 9.90 Å². The van der Waals surface area contributed by atoms with Gasteiger partial charge in [-0.2, -0.15) is 0 Å². The maximum absolute atomic E-state index is 11.8. The molecular formula is C20H30O2. The number of benzene rings is 1. The van der Waals surface area contributed by atoms with E-state index in [2.05, 4.69) is 45.0 Å². The Morgan fingerprint density at radius 3 is 2.77 bits per heavy atom. The van der Waals surface area contributed by atoms with Crippen LogP contribution in [0.25, 0.3) is 0 Å². The van der Waals surface area contributed by atoms with E-state index < -0.39 is 11.4 Å². The van der Waals surface area contributed by atoms with Crippen LogP contribution in [0.1, 0.15) is 70.4 Å². The number of hydrogen-bond donors (Lipinski definition) is 1. The second-order valence-electron chi connectivity index (χ2n) is 7.64. The normalized spacial score (nSPS) is 28.8. The summed E-state index contributed by atoms with van der Waals surface area (Å²) in [5.41, 5.74) is 2.17. The van der Waals surface area contributed by atoms with Crippen molar-refractivity contribution in [1.29, 1.82) is 0 Å². The van der Waals surface area contributed by atoms with E-state index in [4.69, 9.17) is 0 Å². The van der Waals surface area contributed by atoms with Crippen molar-refractivity contribution in [2.45, 2.75) is 65.7 Å². The third kappa shape index (κ3) is 3.53. The third-order valence-corrected chi connectivity index (χ3v) is 5.71. The Labute approximate surface area is 134 Å². The first-order chi connectivity index (χ1) is 10.3. The van der Waals surface area contributed by atoms with Crippen LogP contribution < -0.4 is 0 Å². The summed E-state index contributed by atoms with van der Waals surface area (Å²) in [4.78, 5) is 11.8. The smallest absolute Gasteiger partial charge is 0.309 e. The third-order valence-electron chi connectivity index (χ3n) is 5.71. The second kappa shape index (κ2) is 6.85. The number of aryl methyl sites for hydroxylation is 1. The van der Waals surface area contributed by atoms with Gasteiger partial charge in [0.25, 0.3) is 0 Å². The van der Waals surface area contributed by atoms with Crippen LogP contribution in [0.2, 0.25) is 0 Å². The number of hydrogen-bond acceptors (Lipinski definition) is 1. The molecule has 0 aromatic heterocycles. The number of carboxylic acid groups (broad SMARTS) is 1. The largest absolute Gasteiger partial charge is 0.481 e. The maximum atomic E-state index is 11.8. The van der Waals surface area contributed by atoms with Crippen molar-refractivity contribution in [2.75, 3.05) is 0 Å². The molecule has 2 heteroatoms. The molecule has 2 rings (SSSR count). The SMILES string of the molecule is CC(C)c1cccc(CC[C@@H]2[C@H](C)CCC[C@@]2(C)C(=O)O)c1. The predicted molar refractivity (Wildman–Crippen MR) is 91.1 cm³/mol. The highest BCUT2D eigenvalue weighted by atomic mass is 16.4. The summed E-state index contributed by atoms with van der Waals surface area (Å²) in [5, 5.41) is 9.70. The van der Waals surface area contributed by atoms with E-state index in [0.29, 0.717) is 11.8 Å². The Morgan fingerprint density at radius 1 is 1.41 bits per heavy atom. The molecule has 0 aliphatic heterocycles. The van der Waals surface area contributed by atoms with Crippen molar-refractivity contribution in [3.8, 4) is 0 Å². The zero-order chi connectivity index (χ0) is 16.3. The molecule has 1 aliphatic carbocycles. The van der Waals surface area contributed by atoms with Gasteiger partial charge < -0.3 is 5.11 Å². The standard InChI is InChI=1S/C20H30O2/c1-14(2)17-9-5-8-16(13-17)10-11-18-15(3)7-6-12-20(18,4)19(21)22/h5,8-9,13-15,18H,6-7,10-12H2,1-4H3,(H,21,22)/t15-,18-,20-/m1/s1. The highest BCUT2D eigenvalue weighted by Gasteiger charge is 2.45. The summed E-state index contributed by atoms with van der Waals surface area (Å²) in [5.74, 6) is 0.711. The molecule has 1 aromatic rings. The molecule has 1 aromatic carbocycles. The Balaban J connectivity index is 2.11. The van der Waals surface area contributed by atoms with Gasteiger partial charge in [-0.1, -0.05) is 57.9 Å². The van der Waals surface area contributed by atoms with E-state index in [0.717, 1.165) is 25.7 Å². The van der Waals surface area contributed by atoms with Gasteiger partial charge in [0.15, 0.2) is 0 Å². The molecule has 0 spiro atoms. The topological polar surface area (TPSA) is 37.3 Å². The van der Waals surface area contributed by atoms with Gasteiger partial charge in [-0.05, 0) is 55.1 Å². The molecule has 22 heavy (non-hydrogen) atoms. The lowest BCUT2D eigenvalue weighted by Crippen LogP contribution is -2.42. The maximum Gasteiger partial charge on any atom is 0.309 e. The molecule has 122 valence electrons. The van der Waals surface area contributed by atoms with Gasteiger partial charge in [0, 0.05) is 0 Å². The van der Waals surface area contributed by atoms with E-state index in [1.54, 1.807) is 0 Å². The summed E-state index contributed by atoms with van der Waals surface area (Å²) < 4.78 is 0. The lowest BCUT2D eigenvalue weighted by atomic mass is 9.61. The molecule has 0 heterocycles. The lowest BCUT2D eigenvalue weighted by molar-refractivity contribution is -0.155. The molecule has 2 nitrogen and oxygen atoms in total. The van der Waals surface area contributed by atoms with Crippen LogP contribution in [-0.4, -0.2) is 11.1 Å². The molecule has 0 saturated heterocycles. The Kier molecular flexibility index (Phi) is 5.31. The van der Waals surface area contributed by atoms with Gasteiger partial charge in [0.05, 0.1) is 5.41 Å². The number of carbonyl (C=O) groups is 1. The zero-order valence-corrected chi connectivity index (χ0v) is 14.4. The molecule has 1 fully saturated rings. The zero-order valence-electron chi connectivity index (χ0n) is 14.4. The van der Waals surface area contributed by atoms with Crippen molar-refractivity contribution in [3.05, 3.63) is 35.4 Å². The lowest BCUT2D eigenvalue weighted by Gasteiger charge is -2.42. The second-order valence-corrected chi connectivity index (χ2v) is 7.64. The number of rotatable bonds is 5. The van der Waals surface area contributed by atoms with Crippen molar-refractivity contribution in [1.82, 2.24) is 0 Å². The predicted octanol–water partition coefficient (Wildman–Crippen LogP) is 5.27. The van der Waals surface area contributed by atoms with Gasteiger partial charge in [0.1, 0.15) is 0 Å². The van der Waals surface area contributed by atoms with Crippen LogP contribution in [0.5, 0.6) is 0 Å². The molecule has 1 aliphatic rings. The van der Waals surface area contributed by atoms with Crippen molar-refractivity contribution in [3.63, 3.8) is 0 Å². The summed E-state index contributed by atoms with van der Waals surface area (Å²) >= 11 is 0. The molecular weight excluding hydrogens is 272 g/mol. The fourth-order valence-corrected chi connectivity index (χ4v) is 4.10. The van der Waals surface area contributed by atoms with E-state index in [1.165, 1.54) is 17.5 Å². The minimum atomic E-state index is -0.611. The monoisotopic (exact) mass is 302 g/mol. The molecule has 0 bridgehead atoms. The Bertz CT molecular complexity index is 520. The van der Waals surface area contributed by atoms with E-state index >= 15 is 0 Å². The van der Waals surface area contributed by atoms with Crippen LogP contribution in [0.3, 0.4) is 0 Å². The van der Waals surface area contributed by atoms with Gasteiger partial charge in [-0.15, -0.1) is 0 Å². The molecule has 0 radical (unpaired) electrons. The minimum absolute atomic E-state index is 0.279. The molecule has 0 unspecified atom stereocenters. The summed E-state index contributed by atoms with van der Waals surface area (Å²) in [7, 11) is 0. The molecule has 1 saturated carbocycles. The Morgan fingerprint density at radius 2 is 2.14 bits per heavy atom. The molecule has 3 atom stereocenters. The van der Waals surface area contributed by atoms with Crippen LogP contribution in [0.4, 0.5) is 0 Å². The average molecular weight is 302 g/mol. The number of carboxylic acids is 1. The average Bonchev–Trinajstić information content (AvgIpc) is 2.47. The fraction of sp³-hybridized carbons (Fsp3) is 0.650. The molecule has 1 N–H and O–H groups in total. The molecule has 0 amide bonds. The first-order valence-corrected chi connectivity index (χ1v) is 8.67. The van der Waals surface area contributed by atoms with Crippen molar-refractivity contribution in [2.24, 2.45) is 17.3 Å². The summed E-state index contributed by atoms with van der Waals surface area (Å²) in [6, 6.07) is 8.78. The van der Waals surface area contributed by atoms with Gasteiger partial charge >= 0.3 is 5.97 Å². The first kappa shape index (κ1) is 17.1. The van der Waals surface area contributed by atoms with E-state index in [-0.39, 0.29) is 5.92 Å². The van der Waals surface area contributed by atoms with Crippen molar-refractivity contribution >= 4 is 5.97 Å². The van der Waals surface area contributed by atoms with E-state index in [9.17, 15) is 9.90 Å². The van der Waals surface area contributed by atoms with Crippen LogP contribution in [-0.2, 0) is 11.2 Å². The van der Waals surface area contributed by atoms with Gasteiger partial charge in [-0.3, -0.25) is 4.79 Å². The van der Waals surface area contributed by atoms with Gasteiger partial charge in [0.2, 0.25) is 0 Å². The highest BCUT2D eigenvalue weighted by molar-refractivity contribution is 5.74. The fourth-order valence-electron chi connectivity index (χ4n) is 4.10. The van der Waals surface area contributed by atoms with Crippen LogP contribution in [0, 0.1) is 17.3 Å². The number of aliphatic carboxylic acids is 1. The summed E-state index contributed by atoms with van der Waals surface area (Å²) in [6.07, 6.45) is 5.00. The Hall–Kier alpha value is -1.31.